The summed E-state index contributed by atoms with van der Waals surface area (Å²) in [6.45, 7) is -0.243. The zero-order chi connectivity index (χ0) is 26.7. The number of nitrogens with two attached hydrogens (primary N) is 1. The lowest BCUT2D eigenvalue weighted by atomic mass is 10.1. The summed E-state index contributed by atoms with van der Waals surface area (Å²) in [6.07, 6.45) is -1.00. The maximum Gasteiger partial charge on any atom is 0.422 e. The summed E-state index contributed by atoms with van der Waals surface area (Å²) in [6, 6.07) is 11.2. The number of aryl methyl sites for hydroxylation is 1. The van der Waals surface area contributed by atoms with Crippen molar-refractivity contribution in [2.24, 2.45) is 7.05 Å². The van der Waals surface area contributed by atoms with Crippen LogP contribution in [0, 0.1) is 0 Å². The minimum Gasteiger partial charge on any atom is -0.466 e. The Morgan fingerprint density at radius 1 is 1.08 bits per heavy atom. The van der Waals surface area contributed by atoms with Crippen molar-refractivity contribution in [2.75, 3.05) is 56.8 Å². The van der Waals surface area contributed by atoms with Gasteiger partial charge in [0.2, 0.25) is 11.8 Å². The average Bonchev–Trinajstić information content (AvgIpc) is 3.18. The summed E-state index contributed by atoms with van der Waals surface area (Å²) in [5.41, 5.74) is 9.22. The number of hydrogen-bond acceptors (Lipinski definition) is 8. The molecule has 196 valence electrons. The number of rotatable bonds is 9. The van der Waals surface area contributed by atoms with Crippen molar-refractivity contribution >= 4 is 34.0 Å². The summed E-state index contributed by atoms with van der Waals surface area (Å²) in [7, 11) is 7.55. The van der Waals surface area contributed by atoms with E-state index in [2.05, 4.69) is 20.3 Å². The van der Waals surface area contributed by atoms with E-state index in [1.807, 2.05) is 61.1 Å². The molecule has 9 nitrogen and oxygen atoms in total. The molecule has 3 aromatic heterocycles. The minimum atomic E-state index is -4.54. The van der Waals surface area contributed by atoms with Crippen molar-refractivity contribution in [1.29, 1.82) is 0 Å². The van der Waals surface area contributed by atoms with Crippen molar-refractivity contribution in [1.82, 2.24) is 24.4 Å². The quantitative estimate of drug-likeness (QED) is 0.341. The van der Waals surface area contributed by atoms with Crippen LogP contribution < -0.4 is 20.7 Å². The number of alkyl halides is 3. The van der Waals surface area contributed by atoms with E-state index in [9.17, 15) is 13.2 Å². The maximum atomic E-state index is 13.0. The lowest BCUT2D eigenvalue weighted by Crippen LogP contribution is -2.30. The number of nitrogens with zero attached hydrogens (tertiary/aromatic N) is 6. The standard InChI is InChI=1S/C25H29F3N8O/c1-34(2)11-12-35(3)22-18(29)13-20(23(33-22)37-15-25(26,27)28)32-24-30-10-9-19(31-24)17-14-36(4)21-8-6-5-7-16(17)21/h5-10,13-14H,11-12,15,29H2,1-4H3,(H,30,31,32). The highest BCUT2D eigenvalue weighted by atomic mass is 19.4. The van der Waals surface area contributed by atoms with Gasteiger partial charge in [0.05, 0.1) is 11.4 Å². The van der Waals surface area contributed by atoms with Gasteiger partial charge in [0.25, 0.3) is 0 Å². The average molecular weight is 515 g/mol. The molecule has 0 atom stereocenters. The monoisotopic (exact) mass is 514 g/mol. The van der Waals surface area contributed by atoms with Gasteiger partial charge >= 0.3 is 6.18 Å². The number of nitrogens with one attached hydrogen (secondary N) is 1. The van der Waals surface area contributed by atoms with E-state index in [1.165, 1.54) is 6.07 Å². The second-order valence-electron chi connectivity index (χ2n) is 8.94. The maximum absolute atomic E-state index is 13.0. The number of halogens is 3. The van der Waals surface area contributed by atoms with E-state index in [4.69, 9.17) is 10.5 Å². The molecule has 1 aromatic carbocycles. The fourth-order valence-corrected chi connectivity index (χ4v) is 3.85. The Morgan fingerprint density at radius 3 is 2.57 bits per heavy atom. The number of benzene rings is 1. The van der Waals surface area contributed by atoms with E-state index in [0.29, 0.717) is 24.6 Å². The molecule has 0 radical (unpaired) electrons. The highest BCUT2D eigenvalue weighted by molar-refractivity contribution is 5.95. The van der Waals surface area contributed by atoms with Crippen molar-refractivity contribution in [2.45, 2.75) is 6.18 Å². The van der Waals surface area contributed by atoms with E-state index < -0.39 is 12.8 Å². The van der Waals surface area contributed by atoms with Crippen LogP contribution in [-0.4, -0.2) is 71.4 Å². The molecule has 0 fully saturated rings. The Kier molecular flexibility index (Phi) is 7.39. The molecule has 0 spiro atoms. The van der Waals surface area contributed by atoms with Crippen LogP contribution in [0.15, 0.2) is 48.8 Å². The Hall–Kier alpha value is -4.06. The Bertz CT molecular complexity index is 1390. The molecule has 0 aliphatic heterocycles. The van der Waals surface area contributed by atoms with Gasteiger partial charge in [-0.3, -0.25) is 0 Å². The van der Waals surface area contributed by atoms with Gasteiger partial charge in [-0.15, -0.1) is 0 Å². The summed E-state index contributed by atoms with van der Waals surface area (Å²) in [5, 5.41) is 3.95. The predicted octanol–water partition coefficient (Wildman–Crippen LogP) is 4.30. The van der Waals surface area contributed by atoms with Gasteiger partial charge in [-0.2, -0.15) is 18.2 Å². The molecule has 4 aromatic rings. The van der Waals surface area contributed by atoms with Gasteiger partial charge in [0.1, 0.15) is 5.69 Å². The number of hydrogen-bond donors (Lipinski definition) is 2. The summed E-state index contributed by atoms with van der Waals surface area (Å²) >= 11 is 0. The number of fused-ring (bicyclic) bond motifs is 1. The van der Waals surface area contributed by atoms with Crippen molar-refractivity contribution < 1.29 is 17.9 Å². The molecule has 3 N–H and O–H groups in total. The van der Waals surface area contributed by atoms with Crippen LogP contribution in [0.25, 0.3) is 22.2 Å². The molecule has 0 amide bonds. The van der Waals surface area contributed by atoms with E-state index in [0.717, 1.165) is 16.5 Å². The first-order valence-corrected chi connectivity index (χ1v) is 11.5. The SMILES string of the molecule is CN(C)CCN(C)c1nc(OCC(F)(F)F)c(Nc2nccc(-c3cn(C)c4ccccc34)n2)cc1N. The Labute approximate surface area is 212 Å². The molecular weight excluding hydrogens is 485 g/mol. The summed E-state index contributed by atoms with van der Waals surface area (Å²) in [5.74, 6) is 0.226. The fourth-order valence-electron chi connectivity index (χ4n) is 3.85. The van der Waals surface area contributed by atoms with Gasteiger partial charge in [-0.05, 0) is 32.3 Å². The predicted molar refractivity (Wildman–Crippen MR) is 139 cm³/mol. The van der Waals surface area contributed by atoms with Gasteiger partial charge in [-0.25, -0.2) is 9.97 Å². The number of anilines is 4. The number of likely N-dealkylation sites (N-methyl/N-ethyl adjacent to an activating group) is 2. The largest absolute Gasteiger partial charge is 0.466 e. The molecule has 12 heteroatoms. The van der Waals surface area contributed by atoms with E-state index in [-0.39, 0.29) is 23.2 Å². The number of aromatic nitrogens is 4. The normalized spacial score (nSPS) is 11.8. The second-order valence-corrected chi connectivity index (χ2v) is 8.94. The van der Waals surface area contributed by atoms with Crippen LogP contribution >= 0.6 is 0 Å². The molecule has 0 saturated carbocycles. The molecule has 0 aliphatic rings. The Balaban J connectivity index is 1.68. The second kappa shape index (κ2) is 10.5. The highest BCUT2D eigenvalue weighted by Gasteiger charge is 2.30. The van der Waals surface area contributed by atoms with Gasteiger partial charge in [0.15, 0.2) is 12.4 Å². The molecule has 0 unspecified atom stereocenters. The van der Waals surface area contributed by atoms with Crippen LogP contribution in [0.2, 0.25) is 0 Å². The van der Waals surface area contributed by atoms with E-state index in [1.54, 1.807) is 24.2 Å². The molecule has 0 bridgehead atoms. The number of nitrogen functional groups attached to an aromatic ring is 1. The third kappa shape index (κ3) is 6.20. The molecule has 4 rings (SSSR count). The van der Waals surface area contributed by atoms with Crippen LogP contribution in [0.4, 0.5) is 36.3 Å². The van der Waals surface area contributed by atoms with Gasteiger partial charge < -0.3 is 30.2 Å². The fraction of sp³-hybridized carbons (Fsp3) is 0.320. The van der Waals surface area contributed by atoms with Crippen LogP contribution in [0.3, 0.4) is 0 Å². The van der Waals surface area contributed by atoms with Crippen molar-refractivity contribution in [3.05, 3.63) is 48.8 Å². The summed E-state index contributed by atoms with van der Waals surface area (Å²) < 4.78 is 46.0. The zero-order valence-electron chi connectivity index (χ0n) is 21.0. The molecule has 0 aliphatic carbocycles. The van der Waals surface area contributed by atoms with Crippen LogP contribution in [0.1, 0.15) is 0 Å². The third-order valence-electron chi connectivity index (χ3n) is 5.69. The van der Waals surface area contributed by atoms with Gasteiger partial charge in [0, 0.05) is 56.0 Å². The van der Waals surface area contributed by atoms with Gasteiger partial charge in [-0.1, -0.05) is 18.2 Å². The minimum absolute atomic E-state index is 0.126. The van der Waals surface area contributed by atoms with E-state index >= 15 is 0 Å². The third-order valence-corrected chi connectivity index (χ3v) is 5.69. The first-order valence-electron chi connectivity index (χ1n) is 11.5. The highest BCUT2D eigenvalue weighted by Crippen LogP contribution is 2.34. The van der Waals surface area contributed by atoms with Crippen LogP contribution in [-0.2, 0) is 7.05 Å². The Morgan fingerprint density at radius 2 is 1.84 bits per heavy atom. The lowest BCUT2D eigenvalue weighted by molar-refractivity contribution is -0.153. The molecule has 37 heavy (non-hydrogen) atoms. The molecule has 0 saturated heterocycles. The lowest BCUT2D eigenvalue weighted by Gasteiger charge is -2.23. The van der Waals surface area contributed by atoms with Crippen molar-refractivity contribution in [3.8, 4) is 17.1 Å². The summed E-state index contributed by atoms with van der Waals surface area (Å²) in [4.78, 5) is 16.9. The topological polar surface area (TPSA) is 97.4 Å². The first-order chi connectivity index (χ1) is 17.5. The number of ether oxygens (including phenoxy) is 1. The molecule has 3 heterocycles. The smallest absolute Gasteiger partial charge is 0.422 e. The molecular formula is C25H29F3N8O. The first kappa shape index (κ1) is 26.0. The van der Waals surface area contributed by atoms with Crippen LogP contribution in [0.5, 0.6) is 5.88 Å². The zero-order valence-corrected chi connectivity index (χ0v) is 21.0. The number of pyridine rings is 1. The van der Waals surface area contributed by atoms with Crippen molar-refractivity contribution in [3.63, 3.8) is 0 Å². The number of para-hydroxylation sites is 1.